The Bertz CT molecular complexity index is 451. The first kappa shape index (κ1) is 14.7. The fourth-order valence-corrected chi connectivity index (χ4v) is 2.46. The molecule has 1 atom stereocenters. The number of carbonyl (C=O) groups excluding carboxylic acids is 1. The molecule has 0 spiro atoms. The number of hydrogen-bond acceptors (Lipinski definition) is 5. The predicted octanol–water partition coefficient (Wildman–Crippen LogP) is 1.12. The largest absolute Gasteiger partial charge is 0.369 e. The van der Waals surface area contributed by atoms with Gasteiger partial charge in [0.25, 0.3) is 5.91 Å². The Hall–Kier alpha value is -1.69. The molecule has 1 aliphatic heterocycles. The van der Waals surface area contributed by atoms with Crippen LogP contribution in [0.4, 0.5) is 5.82 Å². The molecule has 1 amide bonds. The van der Waals surface area contributed by atoms with E-state index in [0.717, 1.165) is 39.0 Å². The zero-order valence-electron chi connectivity index (χ0n) is 12.2. The van der Waals surface area contributed by atoms with Gasteiger partial charge in [0.1, 0.15) is 11.5 Å². The van der Waals surface area contributed by atoms with Gasteiger partial charge in [0, 0.05) is 19.1 Å². The first-order valence-corrected chi connectivity index (χ1v) is 7.32. The van der Waals surface area contributed by atoms with Crippen molar-refractivity contribution < 1.29 is 4.79 Å². The van der Waals surface area contributed by atoms with Crippen molar-refractivity contribution in [3.63, 3.8) is 0 Å². The summed E-state index contributed by atoms with van der Waals surface area (Å²) in [6, 6.07) is 0.209. The molecule has 6 nitrogen and oxygen atoms in total. The van der Waals surface area contributed by atoms with Gasteiger partial charge in [-0.1, -0.05) is 6.92 Å². The fraction of sp³-hybridized carbons (Fsp3) is 0.643. The summed E-state index contributed by atoms with van der Waals surface area (Å²) < 4.78 is 0. The second kappa shape index (κ2) is 7.19. The fourth-order valence-electron chi connectivity index (χ4n) is 2.46. The number of piperidine rings is 1. The van der Waals surface area contributed by atoms with Crippen LogP contribution in [0.15, 0.2) is 12.4 Å². The van der Waals surface area contributed by atoms with Crippen LogP contribution in [0.3, 0.4) is 0 Å². The van der Waals surface area contributed by atoms with Crippen LogP contribution in [0, 0.1) is 0 Å². The molecule has 1 aliphatic rings. The molecule has 2 N–H and O–H groups in total. The number of rotatable bonds is 5. The third-order valence-electron chi connectivity index (χ3n) is 3.51. The van der Waals surface area contributed by atoms with Crippen LogP contribution in [0.25, 0.3) is 0 Å². The van der Waals surface area contributed by atoms with E-state index in [1.807, 2.05) is 6.92 Å². The van der Waals surface area contributed by atoms with Crippen LogP contribution in [0.1, 0.15) is 37.2 Å². The maximum Gasteiger partial charge on any atom is 0.271 e. The third-order valence-corrected chi connectivity index (χ3v) is 3.51. The highest BCUT2D eigenvalue weighted by Crippen LogP contribution is 2.10. The lowest BCUT2D eigenvalue weighted by Gasteiger charge is -2.32. The molecule has 0 radical (unpaired) electrons. The average Bonchev–Trinajstić information content (AvgIpc) is 2.48. The number of anilines is 1. The number of nitrogens with one attached hydrogen (secondary N) is 2. The summed E-state index contributed by atoms with van der Waals surface area (Å²) in [5, 5.41) is 6.12. The monoisotopic (exact) mass is 277 g/mol. The van der Waals surface area contributed by atoms with Gasteiger partial charge in [-0.3, -0.25) is 9.78 Å². The summed E-state index contributed by atoms with van der Waals surface area (Å²) >= 11 is 0. The van der Waals surface area contributed by atoms with E-state index in [1.165, 1.54) is 6.20 Å². The third kappa shape index (κ3) is 3.90. The highest BCUT2D eigenvalue weighted by Gasteiger charge is 2.21. The number of carbonyl (C=O) groups is 1. The van der Waals surface area contributed by atoms with Crippen molar-refractivity contribution in [3.05, 3.63) is 18.1 Å². The first-order valence-electron chi connectivity index (χ1n) is 7.32. The average molecular weight is 277 g/mol. The Morgan fingerprint density at radius 1 is 1.45 bits per heavy atom. The lowest BCUT2D eigenvalue weighted by atomic mass is 10.1. The zero-order chi connectivity index (χ0) is 14.4. The summed E-state index contributed by atoms with van der Waals surface area (Å²) in [7, 11) is 0. The first-order chi connectivity index (χ1) is 9.72. The van der Waals surface area contributed by atoms with Crippen molar-refractivity contribution in [2.45, 2.75) is 32.7 Å². The molecule has 2 rings (SSSR count). The predicted molar refractivity (Wildman–Crippen MR) is 78.8 cm³/mol. The van der Waals surface area contributed by atoms with Crippen molar-refractivity contribution in [2.75, 3.05) is 31.5 Å². The molecule has 1 saturated heterocycles. The van der Waals surface area contributed by atoms with Crippen LogP contribution >= 0.6 is 0 Å². The van der Waals surface area contributed by atoms with E-state index in [2.05, 4.69) is 32.4 Å². The number of nitrogens with zero attached hydrogens (tertiary/aromatic N) is 3. The van der Waals surface area contributed by atoms with E-state index in [-0.39, 0.29) is 11.9 Å². The van der Waals surface area contributed by atoms with Gasteiger partial charge in [-0.25, -0.2) is 4.98 Å². The van der Waals surface area contributed by atoms with E-state index in [1.54, 1.807) is 6.20 Å². The van der Waals surface area contributed by atoms with Gasteiger partial charge in [0.05, 0.1) is 12.4 Å². The standard InChI is InChI=1S/C14H23N5O/c1-3-16-13-9-15-8-12(18-13)14(20)17-11-6-5-7-19(4-2)10-11/h8-9,11H,3-7,10H2,1-2H3,(H,16,18)(H,17,20). The molecule has 1 aromatic rings. The molecule has 0 aromatic carbocycles. The molecular formula is C14H23N5O. The van der Waals surface area contributed by atoms with E-state index in [9.17, 15) is 4.79 Å². The van der Waals surface area contributed by atoms with Crippen molar-refractivity contribution in [1.29, 1.82) is 0 Å². The lowest BCUT2D eigenvalue weighted by molar-refractivity contribution is 0.0900. The molecule has 6 heteroatoms. The van der Waals surface area contributed by atoms with Crippen molar-refractivity contribution in [3.8, 4) is 0 Å². The van der Waals surface area contributed by atoms with Gasteiger partial charge in [-0.05, 0) is 32.9 Å². The van der Waals surface area contributed by atoms with Crippen LogP contribution < -0.4 is 10.6 Å². The van der Waals surface area contributed by atoms with Gasteiger partial charge in [0.15, 0.2) is 0 Å². The molecule has 1 aromatic heterocycles. The molecule has 0 bridgehead atoms. The smallest absolute Gasteiger partial charge is 0.271 e. The van der Waals surface area contributed by atoms with E-state index >= 15 is 0 Å². The quantitative estimate of drug-likeness (QED) is 0.844. The SMILES string of the molecule is CCNc1cncc(C(=O)NC2CCCN(CC)C2)n1. The topological polar surface area (TPSA) is 70.2 Å². The van der Waals surface area contributed by atoms with Crippen LogP contribution in [-0.4, -0.2) is 53.0 Å². The van der Waals surface area contributed by atoms with E-state index < -0.39 is 0 Å². The molecule has 0 saturated carbocycles. The molecule has 1 fully saturated rings. The number of likely N-dealkylation sites (N-methyl/N-ethyl adjacent to an activating group) is 1. The van der Waals surface area contributed by atoms with Gasteiger partial charge in [-0.15, -0.1) is 0 Å². The Morgan fingerprint density at radius 3 is 3.05 bits per heavy atom. The Morgan fingerprint density at radius 2 is 2.30 bits per heavy atom. The van der Waals surface area contributed by atoms with Gasteiger partial charge in [0.2, 0.25) is 0 Å². The zero-order valence-corrected chi connectivity index (χ0v) is 12.2. The van der Waals surface area contributed by atoms with E-state index in [4.69, 9.17) is 0 Å². The molecule has 2 heterocycles. The molecule has 0 aliphatic carbocycles. The van der Waals surface area contributed by atoms with Crippen LogP contribution in [0.2, 0.25) is 0 Å². The summed E-state index contributed by atoms with van der Waals surface area (Å²) in [6.45, 7) is 7.96. The maximum atomic E-state index is 12.2. The summed E-state index contributed by atoms with van der Waals surface area (Å²) in [5.74, 6) is 0.499. The molecule has 1 unspecified atom stereocenters. The van der Waals surface area contributed by atoms with Crippen LogP contribution in [-0.2, 0) is 0 Å². The minimum absolute atomic E-state index is 0.139. The lowest BCUT2D eigenvalue weighted by Crippen LogP contribution is -2.47. The Kier molecular flexibility index (Phi) is 5.29. The molecule has 110 valence electrons. The maximum absolute atomic E-state index is 12.2. The number of amides is 1. The second-order valence-electron chi connectivity index (χ2n) is 5.03. The molecule has 20 heavy (non-hydrogen) atoms. The van der Waals surface area contributed by atoms with Crippen molar-refractivity contribution >= 4 is 11.7 Å². The summed E-state index contributed by atoms with van der Waals surface area (Å²) in [6.07, 6.45) is 5.29. The summed E-state index contributed by atoms with van der Waals surface area (Å²) in [4.78, 5) is 22.9. The van der Waals surface area contributed by atoms with Gasteiger partial charge in [-0.2, -0.15) is 0 Å². The minimum Gasteiger partial charge on any atom is -0.369 e. The molecular weight excluding hydrogens is 254 g/mol. The summed E-state index contributed by atoms with van der Waals surface area (Å²) in [5.41, 5.74) is 0.372. The number of hydrogen-bond donors (Lipinski definition) is 2. The van der Waals surface area contributed by atoms with E-state index in [0.29, 0.717) is 11.5 Å². The second-order valence-corrected chi connectivity index (χ2v) is 5.03. The number of aromatic nitrogens is 2. The van der Waals surface area contributed by atoms with Gasteiger partial charge >= 0.3 is 0 Å². The van der Waals surface area contributed by atoms with Crippen LogP contribution in [0.5, 0.6) is 0 Å². The van der Waals surface area contributed by atoms with Gasteiger partial charge < -0.3 is 15.5 Å². The highest BCUT2D eigenvalue weighted by atomic mass is 16.2. The van der Waals surface area contributed by atoms with Crippen molar-refractivity contribution in [1.82, 2.24) is 20.2 Å². The highest BCUT2D eigenvalue weighted by molar-refractivity contribution is 5.92. The van der Waals surface area contributed by atoms with Crippen molar-refractivity contribution in [2.24, 2.45) is 0 Å². The Balaban J connectivity index is 1.95. The number of likely N-dealkylation sites (tertiary alicyclic amines) is 1. The minimum atomic E-state index is -0.139. The Labute approximate surface area is 120 Å². The normalized spacial score (nSPS) is 19.6.